The third-order valence-corrected chi connectivity index (χ3v) is 3.68. The van der Waals surface area contributed by atoms with Gasteiger partial charge in [-0.3, -0.25) is 9.30 Å². The molecule has 3 rings (SSSR count). The lowest BCUT2D eigenvalue weighted by Gasteiger charge is -2.20. The van der Waals surface area contributed by atoms with E-state index in [9.17, 15) is 0 Å². The molecule has 0 saturated heterocycles. The van der Waals surface area contributed by atoms with Gasteiger partial charge in [0.2, 0.25) is 5.78 Å². The second-order valence-corrected chi connectivity index (χ2v) is 5.36. The van der Waals surface area contributed by atoms with E-state index in [0.717, 1.165) is 37.5 Å². The Hall–Kier alpha value is -1.95. The van der Waals surface area contributed by atoms with Gasteiger partial charge in [0.1, 0.15) is 0 Å². The van der Waals surface area contributed by atoms with Gasteiger partial charge < -0.3 is 5.73 Å². The van der Waals surface area contributed by atoms with Crippen molar-refractivity contribution in [2.24, 2.45) is 5.73 Å². The van der Waals surface area contributed by atoms with E-state index < -0.39 is 0 Å². The molecule has 6 heteroatoms. The topological polar surface area (TPSA) is 59.5 Å². The molecule has 2 heterocycles. The molecule has 0 radical (unpaired) electrons. The first-order valence-corrected chi connectivity index (χ1v) is 7.60. The second kappa shape index (κ2) is 8.62. The maximum atomic E-state index is 5.75. The molecule has 0 saturated carbocycles. The summed E-state index contributed by atoms with van der Waals surface area (Å²) in [5.41, 5.74) is 8.12. The number of hydrogen-bond donors (Lipinski definition) is 1. The van der Waals surface area contributed by atoms with Crippen LogP contribution in [0.4, 0.5) is 0 Å². The Morgan fingerprint density at radius 1 is 1.09 bits per heavy atom. The molecule has 3 aromatic rings. The first-order chi connectivity index (χ1) is 10.8. The van der Waals surface area contributed by atoms with Gasteiger partial charge in [-0.2, -0.15) is 0 Å². The maximum absolute atomic E-state index is 5.75. The summed E-state index contributed by atoms with van der Waals surface area (Å²) in [6, 6.07) is 12.4. The van der Waals surface area contributed by atoms with Crippen LogP contribution in [0.3, 0.4) is 0 Å². The van der Waals surface area contributed by atoms with Crippen LogP contribution in [0.2, 0.25) is 0 Å². The zero-order valence-corrected chi connectivity index (χ0v) is 13.8. The number of halogens is 1. The summed E-state index contributed by atoms with van der Waals surface area (Å²) < 4.78 is 1.95. The molecule has 5 nitrogen and oxygen atoms in total. The van der Waals surface area contributed by atoms with Crippen LogP contribution in [0.1, 0.15) is 11.3 Å². The minimum absolute atomic E-state index is 0. The largest absolute Gasteiger partial charge is 0.329 e. The Labute approximate surface area is 142 Å². The van der Waals surface area contributed by atoms with Crippen molar-refractivity contribution in [2.75, 3.05) is 19.6 Å². The number of aromatic nitrogens is 3. The van der Waals surface area contributed by atoms with Gasteiger partial charge in [0.05, 0.1) is 5.69 Å². The number of imidazole rings is 1. The summed E-state index contributed by atoms with van der Waals surface area (Å²) >= 11 is 0. The highest BCUT2D eigenvalue weighted by Crippen LogP contribution is 2.07. The number of rotatable bonds is 7. The third kappa shape index (κ3) is 4.76. The molecule has 0 bridgehead atoms. The molecule has 1 aromatic carbocycles. The van der Waals surface area contributed by atoms with Crippen molar-refractivity contribution >= 4 is 18.2 Å². The van der Waals surface area contributed by atoms with Crippen LogP contribution in [0.25, 0.3) is 5.78 Å². The van der Waals surface area contributed by atoms with Crippen LogP contribution in [0.15, 0.2) is 55.0 Å². The molecule has 122 valence electrons. The van der Waals surface area contributed by atoms with E-state index in [1.807, 2.05) is 28.9 Å². The predicted octanol–water partition coefficient (Wildman–Crippen LogP) is 2.15. The zero-order valence-electron chi connectivity index (χ0n) is 13.0. The minimum Gasteiger partial charge on any atom is -0.329 e. The van der Waals surface area contributed by atoms with Gasteiger partial charge in [0.25, 0.3) is 0 Å². The summed E-state index contributed by atoms with van der Waals surface area (Å²) in [4.78, 5) is 11.2. The van der Waals surface area contributed by atoms with Gasteiger partial charge in [0, 0.05) is 44.8 Å². The van der Waals surface area contributed by atoms with Crippen molar-refractivity contribution in [3.05, 3.63) is 66.2 Å². The van der Waals surface area contributed by atoms with Crippen molar-refractivity contribution in [3.8, 4) is 0 Å². The molecule has 2 N–H and O–H groups in total. The molecule has 0 atom stereocenters. The highest BCUT2D eigenvalue weighted by atomic mass is 35.5. The lowest BCUT2D eigenvalue weighted by Crippen LogP contribution is -2.31. The van der Waals surface area contributed by atoms with Gasteiger partial charge in [-0.05, 0) is 18.1 Å². The molecule has 0 aliphatic rings. The fourth-order valence-corrected chi connectivity index (χ4v) is 2.57. The Morgan fingerprint density at radius 2 is 1.91 bits per heavy atom. The van der Waals surface area contributed by atoms with Gasteiger partial charge >= 0.3 is 0 Å². The molecule has 0 aliphatic carbocycles. The fourth-order valence-electron chi connectivity index (χ4n) is 2.57. The van der Waals surface area contributed by atoms with Crippen molar-refractivity contribution in [3.63, 3.8) is 0 Å². The van der Waals surface area contributed by atoms with E-state index >= 15 is 0 Å². The number of nitrogens with two attached hydrogens (primary N) is 1. The van der Waals surface area contributed by atoms with E-state index in [1.54, 1.807) is 6.20 Å². The Bertz CT molecular complexity index is 680. The average Bonchev–Trinajstić information content (AvgIpc) is 2.96. The summed E-state index contributed by atoms with van der Waals surface area (Å²) in [6.45, 7) is 3.30. The quantitative estimate of drug-likeness (QED) is 0.720. The molecule has 0 unspecified atom stereocenters. The van der Waals surface area contributed by atoms with E-state index in [4.69, 9.17) is 5.73 Å². The van der Waals surface area contributed by atoms with E-state index in [-0.39, 0.29) is 12.4 Å². The van der Waals surface area contributed by atoms with Crippen LogP contribution in [0.5, 0.6) is 0 Å². The fraction of sp³-hybridized carbons (Fsp3) is 0.294. The van der Waals surface area contributed by atoms with Gasteiger partial charge in [0.15, 0.2) is 0 Å². The van der Waals surface area contributed by atoms with Crippen molar-refractivity contribution in [1.82, 2.24) is 19.3 Å². The molecule has 2 aromatic heterocycles. The predicted molar refractivity (Wildman–Crippen MR) is 94.7 cm³/mol. The second-order valence-electron chi connectivity index (χ2n) is 5.36. The number of fused-ring (bicyclic) bond motifs is 1. The summed E-state index contributed by atoms with van der Waals surface area (Å²) in [7, 11) is 0. The summed E-state index contributed by atoms with van der Waals surface area (Å²) in [5, 5.41) is 0. The Balaban J connectivity index is 0.00000192. The summed E-state index contributed by atoms with van der Waals surface area (Å²) in [6.07, 6.45) is 6.79. The van der Waals surface area contributed by atoms with Gasteiger partial charge in [-0.1, -0.05) is 30.3 Å². The maximum Gasteiger partial charge on any atom is 0.233 e. The first-order valence-electron chi connectivity index (χ1n) is 7.60. The number of nitrogens with zero attached hydrogens (tertiary/aromatic N) is 4. The molecule has 23 heavy (non-hydrogen) atoms. The minimum atomic E-state index is 0. The van der Waals surface area contributed by atoms with Crippen molar-refractivity contribution < 1.29 is 0 Å². The van der Waals surface area contributed by atoms with Crippen molar-refractivity contribution in [2.45, 2.75) is 13.0 Å². The SMILES string of the molecule is Cl.NCCN(CCc1ccccc1)Cc1cn2cccnc2n1. The van der Waals surface area contributed by atoms with E-state index in [1.165, 1.54) is 5.56 Å². The average molecular weight is 332 g/mol. The van der Waals surface area contributed by atoms with Crippen LogP contribution in [-0.4, -0.2) is 38.9 Å². The first kappa shape index (κ1) is 17.4. The zero-order chi connectivity index (χ0) is 15.2. The van der Waals surface area contributed by atoms with E-state index in [2.05, 4.69) is 39.1 Å². The summed E-state index contributed by atoms with van der Waals surface area (Å²) in [5.74, 6) is 0.744. The van der Waals surface area contributed by atoms with Gasteiger partial charge in [-0.15, -0.1) is 12.4 Å². The normalized spacial score (nSPS) is 10.9. The monoisotopic (exact) mass is 331 g/mol. The van der Waals surface area contributed by atoms with Crippen LogP contribution in [0, 0.1) is 0 Å². The Morgan fingerprint density at radius 3 is 2.65 bits per heavy atom. The highest BCUT2D eigenvalue weighted by molar-refractivity contribution is 5.85. The van der Waals surface area contributed by atoms with Crippen LogP contribution < -0.4 is 5.73 Å². The standard InChI is InChI=1S/C17H21N5.ClH/c18-8-12-21(11-7-15-5-2-1-3-6-15)13-16-14-22-10-4-9-19-17(22)20-16;/h1-6,9-10,14H,7-8,11-13,18H2;1H. The number of hydrogen-bond acceptors (Lipinski definition) is 4. The highest BCUT2D eigenvalue weighted by Gasteiger charge is 2.09. The molecular weight excluding hydrogens is 310 g/mol. The van der Waals surface area contributed by atoms with E-state index in [0.29, 0.717) is 6.54 Å². The Kier molecular flexibility index (Phi) is 6.52. The van der Waals surface area contributed by atoms with Crippen LogP contribution in [-0.2, 0) is 13.0 Å². The lowest BCUT2D eigenvalue weighted by atomic mass is 10.1. The lowest BCUT2D eigenvalue weighted by molar-refractivity contribution is 0.273. The van der Waals surface area contributed by atoms with Crippen LogP contribution >= 0.6 is 12.4 Å². The van der Waals surface area contributed by atoms with Gasteiger partial charge in [-0.25, -0.2) is 9.97 Å². The molecule has 0 spiro atoms. The number of benzene rings is 1. The molecular formula is C17H22ClN5. The molecule has 0 fully saturated rings. The molecule has 0 amide bonds. The van der Waals surface area contributed by atoms with Crippen molar-refractivity contribution in [1.29, 1.82) is 0 Å². The smallest absolute Gasteiger partial charge is 0.233 e. The third-order valence-electron chi connectivity index (χ3n) is 3.68. The molecule has 0 aliphatic heterocycles.